The van der Waals surface area contributed by atoms with Crippen molar-refractivity contribution < 1.29 is 22.7 Å². The quantitative estimate of drug-likeness (QED) is 0.650. The van der Waals surface area contributed by atoms with E-state index < -0.39 is 34.8 Å². The van der Waals surface area contributed by atoms with E-state index in [2.05, 4.69) is 10.3 Å². The van der Waals surface area contributed by atoms with Crippen LogP contribution in [-0.4, -0.2) is 22.2 Å². The first-order valence-electron chi connectivity index (χ1n) is 5.58. The molecule has 1 aromatic heterocycles. The highest BCUT2D eigenvalue weighted by molar-refractivity contribution is 5.48. The van der Waals surface area contributed by atoms with E-state index in [-0.39, 0.29) is 6.61 Å². The van der Waals surface area contributed by atoms with Gasteiger partial charge in [0, 0.05) is 0 Å². The molecule has 0 radical (unpaired) electrons. The van der Waals surface area contributed by atoms with Gasteiger partial charge in [-0.1, -0.05) is 12.8 Å². The van der Waals surface area contributed by atoms with Gasteiger partial charge in [0.15, 0.2) is 0 Å². The van der Waals surface area contributed by atoms with E-state index in [1.807, 2.05) is 0 Å². The van der Waals surface area contributed by atoms with Crippen molar-refractivity contribution in [3.05, 3.63) is 23.5 Å². The van der Waals surface area contributed by atoms with Gasteiger partial charge in [0.05, 0.1) is 12.1 Å². The van der Waals surface area contributed by atoms with Crippen LogP contribution in [0.5, 0.6) is 0 Å². The predicted octanol–water partition coefficient (Wildman–Crippen LogP) is 2.36. The molecule has 0 saturated heterocycles. The molecule has 2 N–H and O–H groups in total. The lowest BCUT2D eigenvalue weighted by Crippen LogP contribution is -2.40. The Bertz CT molecular complexity index is 435. The monoisotopic (exact) mass is 264 g/mol. The fraction of sp³-hybridized carbons (Fsp3) is 0.545. The van der Waals surface area contributed by atoms with Gasteiger partial charge < -0.3 is 10.4 Å². The summed E-state index contributed by atoms with van der Waals surface area (Å²) < 4.78 is 52.7. The summed E-state index contributed by atoms with van der Waals surface area (Å²) in [6.07, 6.45) is 2.50. The highest BCUT2D eigenvalue weighted by Gasteiger charge is 2.35. The molecule has 7 heteroatoms. The van der Waals surface area contributed by atoms with Gasteiger partial charge in [-0.2, -0.15) is 22.5 Å². The van der Waals surface area contributed by atoms with Crippen LogP contribution in [0.25, 0.3) is 0 Å². The zero-order valence-corrected chi connectivity index (χ0v) is 9.44. The van der Waals surface area contributed by atoms with Gasteiger partial charge in [0.2, 0.25) is 11.6 Å². The first kappa shape index (κ1) is 13.1. The molecule has 1 aliphatic rings. The minimum Gasteiger partial charge on any atom is -0.394 e. The second kappa shape index (κ2) is 4.72. The standard InChI is InChI=1S/C11H12F4N2O/c12-6-8(7(13)10(15)16-9(6)14)17-11(5-18)3-1-2-4-11/h18H,1-5H2,(H,16,17). The van der Waals surface area contributed by atoms with Gasteiger partial charge in [0.1, 0.15) is 5.69 Å². The minimum atomic E-state index is -1.71. The Morgan fingerprint density at radius 3 is 2.00 bits per heavy atom. The molecule has 0 aromatic carbocycles. The predicted molar refractivity (Wildman–Crippen MR) is 56.0 cm³/mol. The number of nitrogens with zero attached hydrogens (tertiary/aromatic N) is 1. The summed E-state index contributed by atoms with van der Waals surface area (Å²) in [4.78, 5) is 2.47. The molecule has 0 bridgehead atoms. The van der Waals surface area contributed by atoms with Crippen LogP contribution in [0.2, 0.25) is 0 Å². The third-order valence-corrected chi connectivity index (χ3v) is 3.25. The van der Waals surface area contributed by atoms with Crippen LogP contribution in [0.15, 0.2) is 0 Å². The number of rotatable bonds is 3. The van der Waals surface area contributed by atoms with Gasteiger partial charge >= 0.3 is 0 Å². The summed E-state index contributed by atoms with van der Waals surface area (Å²) in [7, 11) is 0. The number of aliphatic hydroxyl groups is 1. The average molecular weight is 264 g/mol. The molecule has 0 aliphatic heterocycles. The molecule has 2 rings (SSSR count). The molecular formula is C11H12F4N2O. The highest BCUT2D eigenvalue weighted by atomic mass is 19.2. The van der Waals surface area contributed by atoms with Crippen molar-refractivity contribution in [2.75, 3.05) is 11.9 Å². The lowest BCUT2D eigenvalue weighted by atomic mass is 9.98. The average Bonchev–Trinajstić information content (AvgIpc) is 2.82. The molecule has 0 unspecified atom stereocenters. The number of halogens is 4. The molecule has 0 spiro atoms. The van der Waals surface area contributed by atoms with Crippen LogP contribution in [0.3, 0.4) is 0 Å². The molecule has 1 aliphatic carbocycles. The van der Waals surface area contributed by atoms with Crippen molar-refractivity contribution in [1.29, 1.82) is 0 Å². The Morgan fingerprint density at radius 2 is 1.56 bits per heavy atom. The maximum atomic E-state index is 13.4. The van der Waals surface area contributed by atoms with Crippen molar-refractivity contribution in [2.24, 2.45) is 0 Å². The van der Waals surface area contributed by atoms with E-state index in [4.69, 9.17) is 0 Å². The minimum absolute atomic E-state index is 0.364. The molecule has 1 saturated carbocycles. The summed E-state index contributed by atoms with van der Waals surface area (Å²) in [5, 5.41) is 11.7. The number of aromatic nitrogens is 1. The Kier molecular flexibility index (Phi) is 3.43. The Balaban J connectivity index is 2.39. The van der Waals surface area contributed by atoms with Crippen molar-refractivity contribution in [1.82, 2.24) is 4.98 Å². The molecule has 100 valence electrons. The van der Waals surface area contributed by atoms with E-state index >= 15 is 0 Å². The fourth-order valence-electron chi connectivity index (χ4n) is 2.24. The Hall–Kier alpha value is -1.37. The van der Waals surface area contributed by atoms with Crippen LogP contribution in [0, 0.1) is 23.5 Å². The van der Waals surface area contributed by atoms with Gasteiger partial charge in [-0.3, -0.25) is 0 Å². The summed E-state index contributed by atoms with van der Waals surface area (Å²) in [5.74, 6) is -6.56. The lowest BCUT2D eigenvalue weighted by molar-refractivity contribution is 0.213. The van der Waals surface area contributed by atoms with Crippen molar-refractivity contribution >= 4 is 5.69 Å². The van der Waals surface area contributed by atoms with E-state index in [1.54, 1.807) is 0 Å². The highest BCUT2D eigenvalue weighted by Crippen LogP contribution is 2.35. The Labute approximate surface area is 101 Å². The topological polar surface area (TPSA) is 45.1 Å². The number of anilines is 1. The molecule has 0 amide bonds. The van der Waals surface area contributed by atoms with E-state index in [0.717, 1.165) is 12.8 Å². The second-order valence-electron chi connectivity index (χ2n) is 4.47. The third kappa shape index (κ3) is 2.14. The van der Waals surface area contributed by atoms with Crippen LogP contribution in [0.4, 0.5) is 23.2 Å². The van der Waals surface area contributed by atoms with Gasteiger partial charge in [-0.25, -0.2) is 0 Å². The van der Waals surface area contributed by atoms with Gasteiger partial charge in [-0.05, 0) is 12.8 Å². The maximum Gasteiger partial charge on any atom is 0.253 e. The van der Waals surface area contributed by atoms with E-state index in [9.17, 15) is 22.7 Å². The first-order valence-corrected chi connectivity index (χ1v) is 5.58. The molecular weight excluding hydrogens is 252 g/mol. The van der Waals surface area contributed by atoms with Crippen LogP contribution < -0.4 is 5.32 Å². The van der Waals surface area contributed by atoms with Crippen LogP contribution in [0.1, 0.15) is 25.7 Å². The Morgan fingerprint density at radius 1 is 1.06 bits per heavy atom. The summed E-state index contributed by atoms with van der Waals surface area (Å²) in [5.41, 5.74) is -1.84. The molecule has 1 aromatic rings. The van der Waals surface area contributed by atoms with Crippen LogP contribution >= 0.6 is 0 Å². The molecule has 3 nitrogen and oxygen atoms in total. The van der Waals surface area contributed by atoms with E-state index in [0.29, 0.717) is 12.8 Å². The number of hydrogen-bond donors (Lipinski definition) is 2. The molecule has 0 atom stereocenters. The fourth-order valence-corrected chi connectivity index (χ4v) is 2.24. The SMILES string of the molecule is OCC1(Nc2c(F)c(F)nc(F)c2F)CCCC1. The maximum absolute atomic E-state index is 13.4. The summed E-state index contributed by atoms with van der Waals surface area (Å²) in [6, 6.07) is 0. The second-order valence-corrected chi connectivity index (χ2v) is 4.47. The molecule has 1 fully saturated rings. The van der Waals surface area contributed by atoms with Crippen LogP contribution in [-0.2, 0) is 0 Å². The number of pyridine rings is 1. The summed E-state index contributed by atoms with van der Waals surface area (Å²) >= 11 is 0. The number of hydrogen-bond acceptors (Lipinski definition) is 3. The largest absolute Gasteiger partial charge is 0.394 e. The zero-order chi connectivity index (χ0) is 13.3. The van der Waals surface area contributed by atoms with Crippen molar-refractivity contribution in [2.45, 2.75) is 31.2 Å². The number of nitrogens with one attached hydrogen (secondary N) is 1. The molecule has 1 heterocycles. The number of aliphatic hydroxyl groups excluding tert-OH is 1. The van der Waals surface area contributed by atoms with Gasteiger partial charge in [0.25, 0.3) is 11.9 Å². The van der Waals surface area contributed by atoms with Gasteiger partial charge in [-0.15, -0.1) is 0 Å². The van der Waals surface area contributed by atoms with E-state index in [1.165, 1.54) is 0 Å². The van der Waals surface area contributed by atoms with Crippen molar-refractivity contribution in [3.63, 3.8) is 0 Å². The zero-order valence-electron chi connectivity index (χ0n) is 9.44. The van der Waals surface area contributed by atoms with Crippen molar-refractivity contribution in [3.8, 4) is 0 Å². The summed E-state index contributed by atoms with van der Waals surface area (Å²) in [6.45, 7) is -0.364. The third-order valence-electron chi connectivity index (χ3n) is 3.25. The molecule has 18 heavy (non-hydrogen) atoms. The lowest BCUT2D eigenvalue weighted by Gasteiger charge is -2.29. The normalized spacial score (nSPS) is 18.1. The smallest absolute Gasteiger partial charge is 0.253 e. The first-order chi connectivity index (χ1) is 8.49.